The quantitative estimate of drug-likeness (QED) is 0.427. The van der Waals surface area contributed by atoms with Crippen molar-refractivity contribution >= 4 is 18.0 Å². The molecule has 96 valence electrons. The van der Waals surface area contributed by atoms with Crippen LogP contribution in [0, 0.1) is 0 Å². The number of carbonyl (C=O) groups excluding carboxylic acids is 2. The van der Waals surface area contributed by atoms with Gasteiger partial charge in [-0.1, -0.05) is 6.08 Å². The molecule has 0 unspecified atom stereocenters. The lowest BCUT2D eigenvalue weighted by Crippen LogP contribution is -2.46. The van der Waals surface area contributed by atoms with Crippen molar-refractivity contribution in [2.45, 2.75) is 18.9 Å². The lowest BCUT2D eigenvalue weighted by atomic mass is 10.1. The van der Waals surface area contributed by atoms with E-state index in [4.69, 9.17) is 5.11 Å². The Balaban J connectivity index is 4.15. The summed E-state index contributed by atoms with van der Waals surface area (Å²) in [5.74, 6) is -1.73. The number of ether oxygens (including phenoxy) is 1. The fourth-order valence-corrected chi connectivity index (χ4v) is 0.996. The molecule has 0 aliphatic heterocycles. The van der Waals surface area contributed by atoms with Crippen LogP contribution in [-0.2, 0) is 14.3 Å². The molecule has 3 N–H and O–H groups in total. The predicted octanol–water partition coefficient (Wildman–Crippen LogP) is -0.122. The van der Waals surface area contributed by atoms with Crippen molar-refractivity contribution < 1.29 is 24.2 Å². The second kappa shape index (κ2) is 8.14. The highest BCUT2D eigenvalue weighted by Crippen LogP contribution is 1.99. The summed E-state index contributed by atoms with van der Waals surface area (Å²) >= 11 is 0. The number of aliphatic carboxylic acids is 1. The minimum atomic E-state index is -1.21. The molecule has 0 aromatic heterocycles. The van der Waals surface area contributed by atoms with Crippen LogP contribution in [0.1, 0.15) is 12.8 Å². The highest BCUT2D eigenvalue weighted by Gasteiger charge is 2.20. The predicted molar refractivity (Wildman–Crippen MR) is 59.4 cm³/mol. The van der Waals surface area contributed by atoms with E-state index in [1.54, 1.807) is 0 Å². The summed E-state index contributed by atoms with van der Waals surface area (Å²) in [5.41, 5.74) is 0. The first-order valence-electron chi connectivity index (χ1n) is 4.96. The Bertz CT molecular complexity index is 303. The van der Waals surface area contributed by atoms with Crippen LogP contribution in [0.25, 0.3) is 0 Å². The molecule has 7 heteroatoms. The summed E-state index contributed by atoms with van der Waals surface area (Å²) in [6.45, 7) is 3.63. The Kier molecular flexibility index (Phi) is 7.16. The molecule has 0 radical (unpaired) electrons. The van der Waals surface area contributed by atoms with Crippen LogP contribution in [-0.4, -0.2) is 42.8 Å². The molecule has 0 saturated heterocycles. The molecular formula is C10H16N2O5. The van der Waals surface area contributed by atoms with Gasteiger partial charge in [0, 0.05) is 13.0 Å². The second-order valence-corrected chi connectivity index (χ2v) is 3.15. The van der Waals surface area contributed by atoms with Crippen LogP contribution in [0.15, 0.2) is 12.7 Å². The number of carboxylic acid groups (broad SMARTS) is 1. The normalized spacial score (nSPS) is 11.1. The van der Waals surface area contributed by atoms with Gasteiger partial charge in [0.25, 0.3) is 0 Å². The summed E-state index contributed by atoms with van der Waals surface area (Å²) in [6, 6.07) is -1.75. The monoisotopic (exact) mass is 244 g/mol. The molecular weight excluding hydrogens is 228 g/mol. The summed E-state index contributed by atoms with van der Waals surface area (Å²) < 4.78 is 4.38. The zero-order valence-electron chi connectivity index (χ0n) is 9.56. The van der Waals surface area contributed by atoms with Crippen molar-refractivity contribution in [2.24, 2.45) is 0 Å². The molecule has 0 spiro atoms. The average Bonchev–Trinajstić information content (AvgIpc) is 2.30. The van der Waals surface area contributed by atoms with E-state index in [1.807, 2.05) is 0 Å². The number of carbonyl (C=O) groups is 3. The Labute approximate surface area is 98.8 Å². The zero-order chi connectivity index (χ0) is 13.3. The first kappa shape index (κ1) is 14.9. The molecule has 0 aliphatic carbocycles. The number of nitrogens with one attached hydrogen (secondary N) is 2. The summed E-state index contributed by atoms with van der Waals surface area (Å²) in [4.78, 5) is 32.8. The molecule has 0 saturated carbocycles. The standard InChI is InChI=1S/C10H16N2O5/c1-3-6-11-10(16)12-7(9(14)15)4-5-8(13)17-2/h3,7H,1,4-6H2,2H3,(H,14,15)(H2,11,12,16)/t7-/m1/s1. The first-order chi connectivity index (χ1) is 8.01. The maximum atomic E-state index is 11.2. The van der Waals surface area contributed by atoms with Crippen LogP contribution in [0.3, 0.4) is 0 Å². The number of carboxylic acids is 1. The van der Waals surface area contributed by atoms with Gasteiger partial charge in [0.1, 0.15) is 6.04 Å². The third-order valence-electron chi connectivity index (χ3n) is 1.88. The van der Waals surface area contributed by atoms with Gasteiger partial charge in [-0.25, -0.2) is 9.59 Å². The van der Waals surface area contributed by atoms with Crippen LogP contribution in [0.4, 0.5) is 4.79 Å². The van der Waals surface area contributed by atoms with E-state index in [1.165, 1.54) is 13.2 Å². The average molecular weight is 244 g/mol. The summed E-state index contributed by atoms with van der Waals surface area (Å²) in [5, 5.41) is 13.4. The van der Waals surface area contributed by atoms with Crippen LogP contribution < -0.4 is 10.6 Å². The zero-order valence-corrected chi connectivity index (χ0v) is 9.56. The Hall–Kier alpha value is -2.05. The number of hydrogen-bond donors (Lipinski definition) is 3. The molecule has 1 atom stereocenters. The number of hydrogen-bond acceptors (Lipinski definition) is 4. The molecule has 0 heterocycles. The smallest absolute Gasteiger partial charge is 0.326 e. The third kappa shape index (κ3) is 6.93. The van der Waals surface area contributed by atoms with E-state index in [2.05, 4.69) is 21.9 Å². The van der Waals surface area contributed by atoms with Crippen molar-refractivity contribution in [3.05, 3.63) is 12.7 Å². The lowest BCUT2D eigenvalue weighted by molar-refractivity contribution is -0.142. The Morgan fingerprint density at radius 2 is 2.12 bits per heavy atom. The Morgan fingerprint density at radius 3 is 2.59 bits per heavy atom. The summed E-state index contributed by atoms with van der Waals surface area (Å²) in [7, 11) is 1.21. The van der Waals surface area contributed by atoms with Gasteiger partial charge in [0.15, 0.2) is 0 Å². The summed E-state index contributed by atoms with van der Waals surface area (Å²) in [6.07, 6.45) is 1.36. The molecule has 0 bridgehead atoms. The van der Waals surface area contributed by atoms with Gasteiger partial charge in [-0.15, -0.1) is 6.58 Å². The number of methoxy groups -OCH3 is 1. The molecule has 0 rings (SSSR count). The van der Waals surface area contributed by atoms with E-state index < -0.39 is 24.0 Å². The number of rotatable bonds is 7. The highest BCUT2D eigenvalue weighted by molar-refractivity contribution is 5.83. The van der Waals surface area contributed by atoms with E-state index >= 15 is 0 Å². The molecule has 0 aliphatic rings. The topological polar surface area (TPSA) is 105 Å². The number of amides is 2. The van der Waals surface area contributed by atoms with Crippen molar-refractivity contribution in [3.63, 3.8) is 0 Å². The molecule has 17 heavy (non-hydrogen) atoms. The SMILES string of the molecule is C=CCNC(=O)N[C@H](CCC(=O)OC)C(=O)O. The van der Waals surface area contributed by atoms with E-state index in [9.17, 15) is 14.4 Å². The van der Waals surface area contributed by atoms with Crippen LogP contribution >= 0.6 is 0 Å². The molecule has 7 nitrogen and oxygen atoms in total. The fraction of sp³-hybridized carbons (Fsp3) is 0.500. The Morgan fingerprint density at radius 1 is 1.47 bits per heavy atom. The van der Waals surface area contributed by atoms with E-state index in [-0.39, 0.29) is 19.4 Å². The van der Waals surface area contributed by atoms with Gasteiger partial charge in [-0.05, 0) is 6.42 Å². The highest BCUT2D eigenvalue weighted by atomic mass is 16.5. The first-order valence-corrected chi connectivity index (χ1v) is 4.96. The van der Waals surface area contributed by atoms with Gasteiger partial charge in [-0.2, -0.15) is 0 Å². The lowest BCUT2D eigenvalue weighted by Gasteiger charge is -2.13. The fourth-order valence-electron chi connectivity index (χ4n) is 0.996. The molecule has 0 aromatic rings. The van der Waals surface area contributed by atoms with Crippen LogP contribution in [0.5, 0.6) is 0 Å². The van der Waals surface area contributed by atoms with Gasteiger partial charge >= 0.3 is 18.0 Å². The molecule has 2 amide bonds. The number of esters is 1. The van der Waals surface area contributed by atoms with E-state index in [0.29, 0.717) is 0 Å². The maximum absolute atomic E-state index is 11.2. The van der Waals surface area contributed by atoms with Crippen LogP contribution in [0.2, 0.25) is 0 Å². The van der Waals surface area contributed by atoms with Crippen molar-refractivity contribution in [3.8, 4) is 0 Å². The maximum Gasteiger partial charge on any atom is 0.326 e. The van der Waals surface area contributed by atoms with E-state index in [0.717, 1.165) is 0 Å². The van der Waals surface area contributed by atoms with Gasteiger partial charge in [-0.3, -0.25) is 4.79 Å². The van der Waals surface area contributed by atoms with Crippen molar-refractivity contribution in [1.29, 1.82) is 0 Å². The number of urea groups is 1. The second-order valence-electron chi connectivity index (χ2n) is 3.15. The minimum absolute atomic E-state index is 0.0243. The van der Waals surface area contributed by atoms with Crippen molar-refractivity contribution in [1.82, 2.24) is 10.6 Å². The minimum Gasteiger partial charge on any atom is -0.480 e. The largest absolute Gasteiger partial charge is 0.480 e. The molecule has 0 aromatic carbocycles. The molecule has 0 fully saturated rings. The van der Waals surface area contributed by atoms with Gasteiger partial charge in [0.05, 0.1) is 7.11 Å². The third-order valence-corrected chi connectivity index (χ3v) is 1.88. The van der Waals surface area contributed by atoms with Crippen molar-refractivity contribution in [2.75, 3.05) is 13.7 Å². The van der Waals surface area contributed by atoms with Gasteiger partial charge in [0.2, 0.25) is 0 Å². The van der Waals surface area contributed by atoms with Gasteiger partial charge < -0.3 is 20.5 Å².